The molecule has 84 valence electrons. The molecule has 0 saturated carbocycles. The van der Waals surface area contributed by atoms with Crippen LogP contribution in [0.25, 0.3) is 10.9 Å². The molecule has 3 rings (SSSR count). The molecule has 0 aliphatic heterocycles. The fourth-order valence-corrected chi connectivity index (χ4v) is 2.93. The molecule has 0 spiro atoms. The molecule has 0 amide bonds. The Labute approximate surface area is 103 Å². The van der Waals surface area contributed by atoms with Gasteiger partial charge in [0.15, 0.2) is 0 Å². The van der Waals surface area contributed by atoms with Gasteiger partial charge in [-0.3, -0.25) is 0 Å². The van der Waals surface area contributed by atoms with Crippen molar-refractivity contribution in [3.63, 3.8) is 0 Å². The van der Waals surface area contributed by atoms with Crippen LogP contribution >= 0.6 is 15.9 Å². The minimum absolute atomic E-state index is 0.384. The molecule has 0 radical (unpaired) electrons. The van der Waals surface area contributed by atoms with Gasteiger partial charge >= 0.3 is 0 Å². The molecule has 0 saturated heterocycles. The number of methoxy groups -OCH3 is 1. The molecule has 1 unspecified atom stereocenters. The maximum Gasteiger partial charge on any atom is 0.0616 e. The van der Waals surface area contributed by atoms with E-state index in [1.54, 1.807) is 7.11 Å². The number of hydrogen-bond acceptors (Lipinski definition) is 1. The van der Waals surface area contributed by atoms with E-state index in [4.69, 9.17) is 4.74 Å². The Morgan fingerprint density at radius 2 is 2.31 bits per heavy atom. The molecule has 1 aliphatic rings. The summed E-state index contributed by atoms with van der Waals surface area (Å²) in [7, 11) is 1.81. The second kappa shape index (κ2) is 3.90. The summed E-state index contributed by atoms with van der Waals surface area (Å²) >= 11 is 3.51. The molecular weight excluding hydrogens is 266 g/mol. The van der Waals surface area contributed by atoms with E-state index in [1.165, 1.54) is 22.2 Å². The average Bonchev–Trinajstić information content (AvgIpc) is 2.65. The Bertz CT molecular complexity index is 532. The lowest BCUT2D eigenvalue weighted by Gasteiger charge is -2.20. The van der Waals surface area contributed by atoms with Crippen molar-refractivity contribution in [2.75, 3.05) is 7.11 Å². The quantitative estimate of drug-likeness (QED) is 0.850. The van der Waals surface area contributed by atoms with E-state index in [0.29, 0.717) is 6.10 Å². The molecular formula is C13H14BrNO. The molecule has 1 atom stereocenters. The number of nitrogens with one attached hydrogen (secondary N) is 1. The van der Waals surface area contributed by atoms with Crippen LogP contribution in [0.5, 0.6) is 0 Å². The lowest BCUT2D eigenvalue weighted by molar-refractivity contribution is 0.0911. The molecule has 1 N–H and O–H groups in total. The van der Waals surface area contributed by atoms with Crippen molar-refractivity contribution < 1.29 is 4.74 Å². The first-order valence-corrected chi connectivity index (χ1v) is 6.39. The Hall–Kier alpha value is -0.800. The summed E-state index contributed by atoms with van der Waals surface area (Å²) in [5.74, 6) is 0. The standard InChI is InChI=1S/C13H14BrNO/c1-16-9-3-5-12-11(7-9)10-4-2-8(14)6-13(10)15-12/h2,4,6,9,15H,3,5,7H2,1H3. The zero-order valence-corrected chi connectivity index (χ0v) is 10.8. The number of rotatable bonds is 1. The van der Waals surface area contributed by atoms with Crippen molar-refractivity contribution in [1.82, 2.24) is 4.98 Å². The van der Waals surface area contributed by atoms with Gasteiger partial charge in [0.25, 0.3) is 0 Å². The number of aryl methyl sites for hydroxylation is 1. The molecule has 0 bridgehead atoms. The third kappa shape index (κ3) is 1.59. The fraction of sp³-hybridized carbons (Fsp3) is 0.385. The minimum atomic E-state index is 0.384. The van der Waals surface area contributed by atoms with E-state index in [2.05, 4.69) is 39.1 Å². The summed E-state index contributed by atoms with van der Waals surface area (Å²) in [5, 5.41) is 1.35. The number of H-pyrrole nitrogens is 1. The first-order valence-electron chi connectivity index (χ1n) is 5.59. The summed E-state index contributed by atoms with van der Waals surface area (Å²) < 4.78 is 6.59. The largest absolute Gasteiger partial charge is 0.381 e. The summed E-state index contributed by atoms with van der Waals surface area (Å²) in [6, 6.07) is 6.44. The van der Waals surface area contributed by atoms with Crippen LogP contribution < -0.4 is 0 Å². The van der Waals surface area contributed by atoms with Crippen LogP contribution in [-0.2, 0) is 17.6 Å². The number of hydrogen-bond donors (Lipinski definition) is 1. The second-order valence-corrected chi connectivity index (χ2v) is 5.29. The van der Waals surface area contributed by atoms with Gasteiger partial charge in [-0.25, -0.2) is 0 Å². The molecule has 2 nitrogen and oxygen atoms in total. The summed E-state index contributed by atoms with van der Waals surface area (Å²) in [5.41, 5.74) is 4.07. The zero-order chi connectivity index (χ0) is 11.1. The third-order valence-electron chi connectivity index (χ3n) is 3.44. The lowest BCUT2D eigenvalue weighted by atomic mass is 9.93. The topological polar surface area (TPSA) is 25.0 Å². The van der Waals surface area contributed by atoms with Gasteiger partial charge in [0.2, 0.25) is 0 Å². The molecule has 3 heteroatoms. The summed E-state index contributed by atoms with van der Waals surface area (Å²) in [4.78, 5) is 3.52. The Morgan fingerprint density at radius 1 is 1.44 bits per heavy atom. The highest BCUT2D eigenvalue weighted by molar-refractivity contribution is 9.10. The second-order valence-electron chi connectivity index (χ2n) is 4.37. The first-order chi connectivity index (χ1) is 7.78. The highest BCUT2D eigenvalue weighted by atomic mass is 79.9. The van der Waals surface area contributed by atoms with Crippen molar-refractivity contribution in [2.45, 2.75) is 25.4 Å². The van der Waals surface area contributed by atoms with E-state index < -0.39 is 0 Å². The predicted molar refractivity (Wildman–Crippen MR) is 68.8 cm³/mol. The predicted octanol–water partition coefficient (Wildman–Crippen LogP) is 3.43. The molecule has 0 fully saturated rings. The van der Waals surface area contributed by atoms with Crippen LogP contribution in [-0.4, -0.2) is 18.2 Å². The molecule has 1 heterocycles. The van der Waals surface area contributed by atoms with E-state index in [0.717, 1.165) is 23.7 Å². The molecule has 1 aromatic carbocycles. The average molecular weight is 280 g/mol. The minimum Gasteiger partial charge on any atom is -0.381 e. The summed E-state index contributed by atoms with van der Waals surface area (Å²) in [6.45, 7) is 0. The van der Waals surface area contributed by atoms with Gasteiger partial charge in [-0.05, 0) is 30.5 Å². The smallest absolute Gasteiger partial charge is 0.0616 e. The highest BCUT2D eigenvalue weighted by Crippen LogP contribution is 2.31. The number of benzene rings is 1. The molecule has 1 aromatic heterocycles. The molecule has 1 aliphatic carbocycles. The fourth-order valence-electron chi connectivity index (χ4n) is 2.57. The van der Waals surface area contributed by atoms with Gasteiger partial charge in [-0.1, -0.05) is 22.0 Å². The van der Waals surface area contributed by atoms with Gasteiger partial charge in [0.1, 0.15) is 0 Å². The third-order valence-corrected chi connectivity index (χ3v) is 3.93. The van der Waals surface area contributed by atoms with Gasteiger partial charge < -0.3 is 9.72 Å². The SMILES string of the molecule is COC1CCc2[nH]c3cc(Br)ccc3c2C1. The van der Waals surface area contributed by atoms with Crippen LogP contribution in [0, 0.1) is 0 Å². The van der Waals surface area contributed by atoms with Gasteiger partial charge in [0.05, 0.1) is 6.10 Å². The van der Waals surface area contributed by atoms with Gasteiger partial charge in [-0.2, -0.15) is 0 Å². The number of halogens is 1. The van der Waals surface area contributed by atoms with Crippen molar-refractivity contribution in [3.05, 3.63) is 33.9 Å². The van der Waals surface area contributed by atoms with Crippen molar-refractivity contribution in [1.29, 1.82) is 0 Å². The lowest BCUT2D eigenvalue weighted by Crippen LogP contribution is -2.20. The van der Waals surface area contributed by atoms with Gasteiger partial charge in [-0.15, -0.1) is 0 Å². The molecule has 16 heavy (non-hydrogen) atoms. The van der Waals surface area contributed by atoms with Crippen LogP contribution in [0.2, 0.25) is 0 Å². The number of ether oxygens (including phenoxy) is 1. The van der Waals surface area contributed by atoms with E-state index >= 15 is 0 Å². The first kappa shape index (κ1) is 10.4. The van der Waals surface area contributed by atoms with E-state index in [-0.39, 0.29) is 0 Å². The normalized spacial score (nSPS) is 20.0. The van der Waals surface area contributed by atoms with Crippen LogP contribution in [0.1, 0.15) is 17.7 Å². The number of aromatic nitrogens is 1. The van der Waals surface area contributed by atoms with Crippen LogP contribution in [0.4, 0.5) is 0 Å². The molecule has 2 aromatic rings. The van der Waals surface area contributed by atoms with Crippen molar-refractivity contribution >= 4 is 26.8 Å². The maximum atomic E-state index is 5.47. The van der Waals surface area contributed by atoms with Crippen LogP contribution in [0.15, 0.2) is 22.7 Å². The van der Waals surface area contributed by atoms with Gasteiger partial charge in [0, 0.05) is 34.6 Å². The monoisotopic (exact) mass is 279 g/mol. The number of aromatic amines is 1. The van der Waals surface area contributed by atoms with Crippen molar-refractivity contribution in [3.8, 4) is 0 Å². The number of fused-ring (bicyclic) bond motifs is 3. The zero-order valence-electron chi connectivity index (χ0n) is 9.22. The highest BCUT2D eigenvalue weighted by Gasteiger charge is 2.21. The Balaban J connectivity index is 2.14. The van der Waals surface area contributed by atoms with Crippen molar-refractivity contribution in [2.24, 2.45) is 0 Å². The Morgan fingerprint density at radius 3 is 3.12 bits per heavy atom. The van der Waals surface area contributed by atoms with E-state index in [1.807, 2.05) is 0 Å². The summed E-state index contributed by atoms with van der Waals surface area (Å²) in [6.07, 6.45) is 3.64. The Kier molecular flexibility index (Phi) is 2.52. The van der Waals surface area contributed by atoms with Crippen LogP contribution in [0.3, 0.4) is 0 Å². The van der Waals surface area contributed by atoms with E-state index in [9.17, 15) is 0 Å². The maximum absolute atomic E-state index is 5.47.